The minimum atomic E-state index is -0.000488. The summed E-state index contributed by atoms with van der Waals surface area (Å²) in [5, 5.41) is 9.63. The van der Waals surface area contributed by atoms with Crippen LogP contribution >= 0.6 is 0 Å². The molecule has 2 aromatic carbocycles. The van der Waals surface area contributed by atoms with Crippen molar-refractivity contribution in [1.82, 2.24) is 10.6 Å². The van der Waals surface area contributed by atoms with Crippen LogP contribution in [0.2, 0.25) is 0 Å². The predicted octanol–water partition coefficient (Wildman–Crippen LogP) is 3.98. The predicted molar refractivity (Wildman–Crippen MR) is 124 cm³/mol. The highest BCUT2D eigenvalue weighted by atomic mass is 16.5. The van der Waals surface area contributed by atoms with Crippen molar-refractivity contribution >= 4 is 17.6 Å². The number of anilines is 1. The summed E-state index contributed by atoms with van der Waals surface area (Å²) in [6.45, 7) is 8.05. The minimum absolute atomic E-state index is 0.000488. The minimum Gasteiger partial charge on any atom is -0.496 e. The van der Waals surface area contributed by atoms with Crippen molar-refractivity contribution in [2.24, 2.45) is 10.9 Å². The Morgan fingerprint density at radius 2 is 1.90 bits per heavy atom. The maximum atomic E-state index is 12.1. The molecule has 6 heteroatoms. The van der Waals surface area contributed by atoms with Gasteiger partial charge in [0.1, 0.15) is 5.75 Å². The Morgan fingerprint density at radius 1 is 1.10 bits per heavy atom. The Balaban J connectivity index is 1.95. The molecular weight excluding hydrogens is 376 g/mol. The first kappa shape index (κ1) is 23.3. The van der Waals surface area contributed by atoms with Crippen LogP contribution in [-0.2, 0) is 17.8 Å². The molecule has 2 aromatic rings. The number of hydrogen-bond donors (Lipinski definition) is 3. The van der Waals surface area contributed by atoms with Gasteiger partial charge in [0.2, 0.25) is 5.91 Å². The monoisotopic (exact) mass is 410 g/mol. The van der Waals surface area contributed by atoms with E-state index in [4.69, 9.17) is 4.74 Å². The number of ether oxygens (including phenoxy) is 1. The Morgan fingerprint density at radius 3 is 2.63 bits per heavy atom. The number of aliphatic imine (C=N–C) groups is 1. The molecular formula is C24H34N4O2. The molecule has 0 aliphatic heterocycles. The van der Waals surface area contributed by atoms with Crippen molar-refractivity contribution in [1.29, 1.82) is 0 Å². The van der Waals surface area contributed by atoms with E-state index in [0.29, 0.717) is 6.54 Å². The molecule has 0 aliphatic rings. The lowest BCUT2D eigenvalue weighted by Crippen LogP contribution is -2.38. The molecule has 0 heterocycles. The molecule has 1 atom stereocenters. The highest BCUT2D eigenvalue weighted by molar-refractivity contribution is 5.92. The topological polar surface area (TPSA) is 74.8 Å². The van der Waals surface area contributed by atoms with Gasteiger partial charge in [0, 0.05) is 24.7 Å². The number of nitrogens with one attached hydrogen (secondary N) is 3. The van der Waals surface area contributed by atoms with E-state index in [1.807, 2.05) is 63.2 Å². The standard InChI is InChI=1S/C24H34N4O2/c1-5-18(3)23(29)28-21-12-9-10-19(16-21)17-27-24(25-6-2)26-15-14-20-11-7-8-13-22(20)30-4/h7-13,16,18H,5-6,14-15,17H2,1-4H3,(H,28,29)(H2,25,26,27). The van der Waals surface area contributed by atoms with Crippen LogP contribution in [0.1, 0.15) is 38.3 Å². The van der Waals surface area contributed by atoms with E-state index in [-0.39, 0.29) is 11.8 Å². The second-order valence-electron chi connectivity index (χ2n) is 7.18. The van der Waals surface area contributed by atoms with E-state index in [1.165, 1.54) is 0 Å². The van der Waals surface area contributed by atoms with Gasteiger partial charge in [0.15, 0.2) is 5.96 Å². The van der Waals surface area contributed by atoms with Gasteiger partial charge in [-0.3, -0.25) is 4.79 Å². The van der Waals surface area contributed by atoms with Gasteiger partial charge in [0.25, 0.3) is 0 Å². The van der Waals surface area contributed by atoms with Crippen LogP contribution in [0.25, 0.3) is 0 Å². The second-order valence-corrected chi connectivity index (χ2v) is 7.18. The molecule has 1 amide bonds. The van der Waals surface area contributed by atoms with Crippen molar-refractivity contribution in [3.8, 4) is 5.75 Å². The highest BCUT2D eigenvalue weighted by Crippen LogP contribution is 2.17. The van der Waals surface area contributed by atoms with Crippen LogP contribution in [0.3, 0.4) is 0 Å². The summed E-state index contributed by atoms with van der Waals surface area (Å²) in [7, 11) is 1.69. The molecule has 0 aromatic heterocycles. The lowest BCUT2D eigenvalue weighted by Gasteiger charge is -2.13. The molecule has 0 saturated carbocycles. The molecule has 1 unspecified atom stereocenters. The second kappa shape index (κ2) is 12.5. The number of methoxy groups -OCH3 is 1. The zero-order valence-electron chi connectivity index (χ0n) is 18.5. The van der Waals surface area contributed by atoms with Gasteiger partial charge >= 0.3 is 0 Å². The summed E-state index contributed by atoms with van der Waals surface area (Å²) in [6, 6.07) is 15.9. The number of guanidine groups is 1. The van der Waals surface area contributed by atoms with Gasteiger partial charge in [0.05, 0.1) is 13.7 Å². The van der Waals surface area contributed by atoms with E-state index < -0.39 is 0 Å². The van der Waals surface area contributed by atoms with Crippen molar-refractivity contribution in [3.05, 3.63) is 59.7 Å². The van der Waals surface area contributed by atoms with Crippen molar-refractivity contribution in [2.75, 3.05) is 25.5 Å². The molecule has 0 radical (unpaired) electrons. The van der Waals surface area contributed by atoms with Gasteiger partial charge in [-0.25, -0.2) is 4.99 Å². The summed E-state index contributed by atoms with van der Waals surface area (Å²) < 4.78 is 5.41. The quantitative estimate of drug-likeness (QED) is 0.409. The summed E-state index contributed by atoms with van der Waals surface area (Å²) in [5.41, 5.74) is 3.01. The molecule has 162 valence electrons. The Labute approximate surface area is 180 Å². The average molecular weight is 411 g/mol. The molecule has 6 nitrogen and oxygen atoms in total. The zero-order chi connectivity index (χ0) is 21.8. The van der Waals surface area contributed by atoms with Crippen molar-refractivity contribution < 1.29 is 9.53 Å². The maximum Gasteiger partial charge on any atom is 0.227 e. The highest BCUT2D eigenvalue weighted by Gasteiger charge is 2.10. The third kappa shape index (κ3) is 7.43. The fourth-order valence-electron chi connectivity index (χ4n) is 2.94. The molecule has 0 bridgehead atoms. The number of amides is 1. The number of carbonyl (C=O) groups excluding carboxylic acids is 1. The number of benzene rings is 2. The van der Waals surface area contributed by atoms with Crippen LogP contribution in [0.5, 0.6) is 5.75 Å². The Hall–Kier alpha value is -3.02. The van der Waals surface area contributed by atoms with Gasteiger partial charge in [-0.2, -0.15) is 0 Å². The van der Waals surface area contributed by atoms with Crippen LogP contribution in [0.4, 0.5) is 5.69 Å². The third-order valence-corrected chi connectivity index (χ3v) is 4.90. The van der Waals surface area contributed by atoms with Crippen LogP contribution < -0.4 is 20.7 Å². The van der Waals surface area contributed by atoms with E-state index in [1.54, 1.807) is 7.11 Å². The number of hydrogen-bond acceptors (Lipinski definition) is 3. The smallest absolute Gasteiger partial charge is 0.227 e. The molecule has 30 heavy (non-hydrogen) atoms. The van der Waals surface area contributed by atoms with Gasteiger partial charge in [-0.1, -0.05) is 44.2 Å². The van der Waals surface area contributed by atoms with Gasteiger partial charge < -0.3 is 20.7 Å². The Kier molecular flexibility index (Phi) is 9.71. The molecule has 3 N–H and O–H groups in total. The summed E-state index contributed by atoms with van der Waals surface area (Å²) in [5.74, 6) is 1.71. The van der Waals surface area contributed by atoms with Crippen LogP contribution in [-0.4, -0.2) is 32.1 Å². The third-order valence-electron chi connectivity index (χ3n) is 4.90. The fourth-order valence-corrected chi connectivity index (χ4v) is 2.94. The average Bonchev–Trinajstić information content (AvgIpc) is 2.77. The largest absolute Gasteiger partial charge is 0.496 e. The first-order chi connectivity index (χ1) is 14.6. The lowest BCUT2D eigenvalue weighted by molar-refractivity contribution is -0.119. The fraction of sp³-hybridized carbons (Fsp3) is 0.417. The van der Waals surface area contributed by atoms with E-state index in [9.17, 15) is 4.79 Å². The SMILES string of the molecule is CCNC(=NCc1cccc(NC(=O)C(C)CC)c1)NCCc1ccccc1OC. The van der Waals surface area contributed by atoms with Crippen molar-refractivity contribution in [3.63, 3.8) is 0 Å². The molecule has 0 aliphatic carbocycles. The van der Waals surface area contributed by atoms with E-state index >= 15 is 0 Å². The summed E-state index contributed by atoms with van der Waals surface area (Å²) in [4.78, 5) is 16.8. The molecule has 0 fully saturated rings. The van der Waals surface area contributed by atoms with Crippen LogP contribution in [0, 0.1) is 5.92 Å². The Bertz CT molecular complexity index is 835. The summed E-state index contributed by atoms with van der Waals surface area (Å²) >= 11 is 0. The van der Waals surface area contributed by atoms with E-state index in [2.05, 4.69) is 27.0 Å². The first-order valence-corrected chi connectivity index (χ1v) is 10.6. The maximum absolute atomic E-state index is 12.1. The number of para-hydroxylation sites is 1. The van der Waals surface area contributed by atoms with Gasteiger partial charge in [-0.05, 0) is 49.1 Å². The number of rotatable bonds is 10. The lowest BCUT2D eigenvalue weighted by atomic mass is 10.1. The van der Waals surface area contributed by atoms with Gasteiger partial charge in [-0.15, -0.1) is 0 Å². The van der Waals surface area contributed by atoms with Crippen LogP contribution in [0.15, 0.2) is 53.5 Å². The molecule has 2 rings (SSSR count). The van der Waals surface area contributed by atoms with Crippen molar-refractivity contribution in [2.45, 2.75) is 40.2 Å². The summed E-state index contributed by atoms with van der Waals surface area (Å²) in [6.07, 6.45) is 1.66. The first-order valence-electron chi connectivity index (χ1n) is 10.6. The number of carbonyl (C=O) groups is 1. The van der Waals surface area contributed by atoms with E-state index in [0.717, 1.165) is 54.5 Å². The zero-order valence-corrected chi connectivity index (χ0v) is 18.5. The molecule has 0 saturated heterocycles. The normalized spacial score (nSPS) is 12.2. The molecule has 0 spiro atoms. The number of nitrogens with zero attached hydrogens (tertiary/aromatic N) is 1.